The smallest absolute Gasteiger partial charge is 0.398 e. The number of rotatable bonds is 4. The molecule has 2 N–H and O–H groups in total. The lowest BCUT2D eigenvalue weighted by Gasteiger charge is -2.24. The highest BCUT2D eigenvalue weighted by atomic mass is 19.4. The summed E-state index contributed by atoms with van der Waals surface area (Å²) in [5.74, 6) is 0. The molecule has 0 aliphatic carbocycles. The van der Waals surface area contributed by atoms with Gasteiger partial charge >= 0.3 is 6.18 Å². The first-order chi connectivity index (χ1) is 9.91. The summed E-state index contributed by atoms with van der Waals surface area (Å²) in [7, 11) is 0. The zero-order valence-corrected chi connectivity index (χ0v) is 11.7. The van der Waals surface area contributed by atoms with Crippen LogP contribution in [0, 0.1) is 0 Å². The molecule has 5 heteroatoms. The minimum absolute atomic E-state index is 0.564. The number of nitrogen functional groups attached to an aromatic ring is 1. The van der Waals surface area contributed by atoms with Crippen molar-refractivity contribution in [3.05, 3.63) is 59.7 Å². The number of hydrogen-bond acceptors (Lipinski definition) is 2. The number of benzene rings is 2. The first-order valence-corrected chi connectivity index (χ1v) is 6.67. The van der Waals surface area contributed by atoms with Gasteiger partial charge in [-0.25, -0.2) is 0 Å². The zero-order valence-electron chi connectivity index (χ0n) is 11.7. The monoisotopic (exact) mass is 294 g/mol. The van der Waals surface area contributed by atoms with Crippen LogP contribution in [0.5, 0.6) is 0 Å². The normalized spacial score (nSPS) is 11.4. The molecule has 2 rings (SSSR count). The van der Waals surface area contributed by atoms with Gasteiger partial charge in [0, 0.05) is 24.5 Å². The summed E-state index contributed by atoms with van der Waals surface area (Å²) in [4.78, 5) is 1.98. The highest BCUT2D eigenvalue weighted by Crippen LogP contribution is 2.31. The summed E-state index contributed by atoms with van der Waals surface area (Å²) >= 11 is 0. The first kappa shape index (κ1) is 15.2. The molecule has 0 amide bonds. The van der Waals surface area contributed by atoms with E-state index in [1.54, 1.807) is 0 Å². The second-order valence-electron chi connectivity index (χ2n) is 4.76. The Morgan fingerprint density at radius 1 is 1.00 bits per heavy atom. The van der Waals surface area contributed by atoms with Gasteiger partial charge in [0.25, 0.3) is 0 Å². The maximum atomic E-state index is 12.6. The molecule has 0 radical (unpaired) electrons. The van der Waals surface area contributed by atoms with Crippen molar-refractivity contribution in [3.8, 4) is 0 Å². The van der Waals surface area contributed by atoms with Crippen molar-refractivity contribution in [2.45, 2.75) is 19.6 Å². The molecular weight excluding hydrogens is 277 g/mol. The van der Waals surface area contributed by atoms with Crippen LogP contribution in [0.25, 0.3) is 0 Å². The molecule has 0 bridgehead atoms. The summed E-state index contributed by atoms with van der Waals surface area (Å²) in [6.07, 6.45) is -4.31. The van der Waals surface area contributed by atoms with Gasteiger partial charge in [-0.3, -0.25) is 0 Å². The molecule has 0 unspecified atom stereocenters. The average molecular weight is 294 g/mol. The van der Waals surface area contributed by atoms with Crippen LogP contribution in [-0.2, 0) is 12.7 Å². The fourth-order valence-electron chi connectivity index (χ4n) is 2.13. The van der Waals surface area contributed by atoms with Crippen LogP contribution in [0.15, 0.2) is 48.5 Å². The predicted octanol–water partition coefficient (Wildman–Crippen LogP) is 4.31. The number of hydrogen-bond donors (Lipinski definition) is 1. The largest absolute Gasteiger partial charge is 0.416 e. The van der Waals surface area contributed by atoms with Crippen molar-refractivity contribution >= 4 is 11.4 Å². The summed E-state index contributed by atoms with van der Waals surface area (Å²) in [5.41, 5.74) is 7.65. The summed E-state index contributed by atoms with van der Waals surface area (Å²) in [6.45, 7) is 3.20. The topological polar surface area (TPSA) is 29.3 Å². The van der Waals surface area contributed by atoms with E-state index in [0.717, 1.165) is 23.4 Å². The van der Waals surface area contributed by atoms with Crippen LogP contribution in [0.3, 0.4) is 0 Å². The highest BCUT2D eigenvalue weighted by Gasteiger charge is 2.30. The Hall–Kier alpha value is -2.17. The Morgan fingerprint density at radius 3 is 2.14 bits per heavy atom. The molecule has 21 heavy (non-hydrogen) atoms. The van der Waals surface area contributed by atoms with Gasteiger partial charge in [-0.1, -0.05) is 18.2 Å². The fraction of sp³-hybridized carbons (Fsp3) is 0.250. The van der Waals surface area contributed by atoms with Crippen LogP contribution < -0.4 is 10.6 Å². The number of halogens is 3. The van der Waals surface area contributed by atoms with Crippen LogP contribution >= 0.6 is 0 Å². The molecule has 0 heterocycles. The van der Waals surface area contributed by atoms with Crippen molar-refractivity contribution in [3.63, 3.8) is 0 Å². The molecule has 0 aliphatic rings. The van der Waals surface area contributed by atoms with E-state index < -0.39 is 11.7 Å². The van der Waals surface area contributed by atoms with Gasteiger partial charge in [0.1, 0.15) is 0 Å². The molecule has 0 aliphatic heterocycles. The van der Waals surface area contributed by atoms with E-state index in [-0.39, 0.29) is 0 Å². The molecule has 0 atom stereocenters. The third kappa shape index (κ3) is 3.68. The van der Waals surface area contributed by atoms with Crippen LogP contribution in [-0.4, -0.2) is 6.54 Å². The highest BCUT2D eigenvalue weighted by molar-refractivity contribution is 5.52. The Morgan fingerprint density at radius 2 is 1.62 bits per heavy atom. The van der Waals surface area contributed by atoms with Crippen molar-refractivity contribution < 1.29 is 13.2 Å². The van der Waals surface area contributed by atoms with E-state index in [9.17, 15) is 13.2 Å². The van der Waals surface area contributed by atoms with Gasteiger partial charge in [0.15, 0.2) is 0 Å². The fourth-order valence-corrected chi connectivity index (χ4v) is 2.13. The van der Waals surface area contributed by atoms with E-state index in [2.05, 4.69) is 0 Å². The quantitative estimate of drug-likeness (QED) is 0.851. The van der Waals surface area contributed by atoms with Crippen LogP contribution in [0.1, 0.15) is 18.1 Å². The zero-order chi connectivity index (χ0) is 15.5. The minimum atomic E-state index is -4.31. The molecule has 0 saturated carbocycles. The van der Waals surface area contributed by atoms with Crippen molar-refractivity contribution in [1.29, 1.82) is 0 Å². The van der Waals surface area contributed by atoms with Gasteiger partial charge < -0.3 is 10.6 Å². The van der Waals surface area contributed by atoms with E-state index in [1.165, 1.54) is 12.1 Å². The van der Waals surface area contributed by atoms with Gasteiger partial charge in [0.05, 0.1) is 5.56 Å². The number of anilines is 2. The average Bonchev–Trinajstić information content (AvgIpc) is 2.46. The maximum absolute atomic E-state index is 12.6. The van der Waals surface area contributed by atoms with Crippen LogP contribution in [0.4, 0.5) is 24.5 Å². The summed E-state index contributed by atoms with van der Waals surface area (Å²) in [6, 6.07) is 12.7. The molecule has 0 saturated heterocycles. The predicted molar refractivity (Wildman–Crippen MR) is 79.0 cm³/mol. The van der Waals surface area contributed by atoms with Crippen LogP contribution in [0.2, 0.25) is 0 Å². The maximum Gasteiger partial charge on any atom is 0.416 e. The van der Waals surface area contributed by atoms with Crippen molar-refractivity contribution in [2.75, 3.05) is 17.2 Å². The Labute approximate surface area is 122 Å². The van der Waals surface area contributed by atoms with Gasteiger partial charge in [-0.2, -0.15) is 13.2 Å². The first-order valence-electron chi connectivity index (χ1n) is 6.67. The standard InChI is InChI=1S/C16H17F3N2/c1-2-21(11-12-5-3-4-6-15(12)20)14-9-7-13(8-10-14)16(17,18)19/h3-10H,2,11,20H2,1H3. The molecule has 112 valence electrons. The Bertz CT molecular complexity index is 591. The number of nitrogens with two attached hydrogens (primary N) is 1. The molecule has 0 aromatic heterocycles. The Balaban J connectivity index is 2.20. The second kappa shape index (κ2) is 6.08. The minimum Gasteiger partial charge on any atom is -0.398 e. The summed E-state index contributed by atoms with van der Waals surface area (Å²) in [5, 5.41) is 0. The van der Waals surface area contributed by atoms with Gasteiger partial charge in [0.2, 0.25) is 0 Å². The van der Waals surface area contributed by atoms with E-state index >= 15 is 0 Å². The number of nitrogens with zero attached hydrogens (tertiary/aromatic N) is 1. The lowest BCUT2D eigenvalue weighted by atomic mass is 10.1. The summed E-state index contributed by atoms with van der Waals surface area (Å²) < 4.78 is 37.7. The van der Waals surface area contributed by atoms with Crippen molar-refractivity contribution in [2.24, 2.45) is 0 Å². The van der Waals surface area contributed by atoms with Gasteiger partial charge in [-0.15, -0.1) is 0 Å². The second-order valence-corrected chi connectivity index (χ2v) is 4.76. The molecule has 2 aromatic rings. The lowest BCUT2D eigenvalue weighted by molar-refractivity contribution is -0.137. The number of alkyl halides is 3. The third-order valence-corrected chi connectivity index (χ3v) is 3.36. The molecule has 0 fully saturated rings. The Kier molecular flexibility index (Phi) is 4.40. The molecule has 2 nitrogen and oxygen atoms in total. The van der Waals surface area contributed by atoms with Crippen molar-refractivity contribution in [1.82, 2.24) is 0 Å². The van der Waals surface area contributed by atoms with E-state index in [1.807, 2.05) is 36.1 Å². The lowest BCUT2D eigenvalue weighted by Crippen LogP contribution is -2.22. The third-order valence-electron chi connectivity index (χ3n) is 3.36. The number of para-hydroxylation sites is 1. The van der Waals surface area contributed by atoms with E-state index in [0.29, 0.717) is 18.8 Å². The molecule has 2 aromatic carbocycles. The van der Waals surface area contributed by atoms with E-state index in [4.69, 9.17) is 5.73 Å². The van der Waals surface area contributed by atoms with Gasteiger partial charge in [-0.05, 0) is 42.8 Å². The SMILES string of the molecule is CCN(Cc1ccccc1N)c1ccc(C(F)(F)F)cc1. The molecule has 0 spiro atoms. The molecular formula is C16H17F3N2.